The molecule has 5 heteroatoms. The SMILES string of the molecule is Cc1ccc(SCC(=O)Cc2c(Cl)c(C)nn2C)cc1. The molecule has 0 amide bonds. The maximum absolute atomic E-state index is 12.0. The van der Waals surface area contributed by atoms with Crippen molar-refractivity contribution < 1.29 is 4.79 Å². The molecule has 0 aliphatic rings. The normalized spacial score (nSPS) is 10.8. The van der Waals surface area contributed by atoms with Crippen LogP contribution in [0.15, 0.2) is 29.2 Å². The first-order chi connectivity index (χ1) is 9.47. The van der Waals surface area contributed by atoms with Crippen LogP contribution in [0.25, 0.3) is 0 Å². The fourth-order valence-electron chi connectivity index (χ4n) is 1.91. The molecule has 0 fully saturated rings. The lowest BCUT2D eigenvalue weighted by atomic mass is 10.2. The smallest absolute Gasteiger partial charge is 0.149 e. The molecule has 0 aliphatic heterocycles. The highest BCUT2D eigenvalue weighted by molar-refractivity contribution is 8.00. The van der Waals surface area contributed by atoms with E-state index in [1.54, 1.807) is 16.4 Å². The molecule has 0 atom stereocenters. The average molecular weight is 309 g/mol. The van der Waals surface area contributed by atoms with Crippen molar-refractivity contribution in [3.05, 3.63) is 46.2 Å². The second-order valence-corrected chi connectivity index (χ2v) is 6.21. The summed E-state index contributed by atoms with van der Waals surface area (Å²) in [6.07, 6.45) is 0.328. The molecule has 2 aromatic rings. The second kappa shape index (κ2) is 6.46. The summed E-state index contributed by atoms with van der Waals surface area (Å²) in [6, 6.07) is 8.17. The number of hydrogen-bond acceptors (Lipinski definition) is 3. The number of ketones is 1. The van der Waals surface area contributed by atoms with Crippen LogP contribution in [0.3, 0.4) is 0 Å². The van der Waals surface area contributed by atoms with E-state index in [2.05, 4.69) is 5.10 Å². The van der Waals surface area contributed by atoms with Gasteiger partial charge < -0.3 is 0 Å². The van der Waals surface area contributed by atoms with Crippen molar-refractivity contribution in [2.45, 2.75) is 25.2 Å². The molecule has 1 aromatic heterocycles. The first-order valence-corrected chi connectivity index (χ1v) is 7.73. The van der Waals surface area contributed by atoms with E-state index < -0.39 is 0 Å². The Morgan fingerprint density at radius 2 is 1.95 bits per heavy atom. The fraction of sp³-hybridized carbons (Fsp3) is 0.333. The van der Waals surface area contributed by atoms with Gasteiger partial charge in [0.25, 0.3) is 0 Å². The van der Waals surface area contributed by atoms with Crippen molar-refractivity contribution in [1.29, 1.82) is 0 Å². The molecule has 0 spiro atoms. The van der Waals surface area contributed by atoms with Gasteiger partial charge in [0.2, 0.25) is 0 Å². The molecule has 1 heterocycles. The van der Waals surface area contributed by atoms with Crippen LogP contribution in [0.5, 0.6) is 0 Å². The summed E-state index contributed by atoms with van der Waals surface area (Å²) in [4.78, 5) is 13.2. The number of rotatable bonds is 5. The van der Waals surface area contributed by atoms with Crippen molar-refractivity contribution in [2.75, 3.05) is 5.75 Å². The van der Waals surface area contributed by atoms with Gasteiger partial charge in [0.05, 0.1) is 28.6 Å². The highest BCUT2D eigenvalue weighted by atomic mass is 35.5. The van der Waals surface area contributed by atoms with Crippen molar-refractivity contribution in [3.8, 4) is 0 Å². The van der Waals surface area contributed by atoms with Gasteiger partial charge in [-0.25, -0.2) is 0 Å². The van der Waals surface area contributed by atoms with Gasteiger partial charge >= 0.3 is 0 Å². The van der Waals surface area contributed by atoms with Crippen molar-refractivity contribution >= 4 is 29.1 Å². The Morgan fingerprint density at radius 1 is 1.30 bits per heavy atom. The fourth-order valence-corrected chi connectivity index (χ4v) is 2.89. The third kappa shape index (κ3) is 3.64. The van der Waals surface area contributed by atoms with Crippen LogP contribution in [-0.4, -0.2) is 21.3 Å². The van der Waals surface area contributed by atoms with Gasteiger partial charge in [-0.05, 0) is 26.0 Å². The van der Waals surface area contributed by atoms with Gasteiger partial charge in [-0.2, -0.15) is 5.10 Å². The molecule has 0 saturated heterocycles. The number of nitrogens with zero attached hydrogens (tertiary/aromatic N) is 2. The Balaban J connectivity index is 1.94. The van der Waals surface area contributed by atoms with E-state index in [-0.39, 0.29) is 5.78 Å². The first kappa shape index (κ1) is 15.1. The van der Waals surface area contributed by atoms with E-state index in [1.165, 1.54) is 5.56 Å². The van der Waals surface area contributed by atoms with Gasteiger partial charge in [0.15, 0.2) is 0 Å². The molecule has 1 aromatic carbocycles. The molecule has 3 nitrogen and oxygen atoms in total. The second-order valence-electron chi connectivity index (χ2n) is 4.79. The summed E-state index contributed by atoms with van der Waals surface area (Å²) in [5.74, 6) is 0.601. The quantitative estimate of drug-likeness (QED) is 0.792. The molecule has 20 heavy (non-hydrogen) atoms. The summed E-state index contributed by atoms with van der Waals surface area (Å²) in [7, 11) is 1.81. The van der Waals surface area contributed by atoms with E-state index in [1.807, 2.05) is 45.2 Å². The highest BCUT2D eigenvalue weighted by Gasteiger charge is 2.14. The number of aromatic nitrogens is 2. The van der Waals surface area contributed by atoms with Crippen LogP contribution in [-0.2, 0) is 18.3 Å². The Hall–Kier alpha value is -1.26. The summed E-state index contributed by atoms with van der Waals surface area (Å²) in [5.41, 5.74) is 2.78. The van der Waals surface area contributed by atoms with E-state index in [0.29, 0.717) is 17.2 Å². The standard InChI is InChI=1S/C15H17ClN2OS/c1-10-4-6-13(7-5-10)20-9-12(19)8-14-15(16)11(2)17-18(14)3/h4-7H,8-9H2,1-3H3. The number of aryl methyl sites for hydroxylation is 3. The highest BCUT2D eigenvalue weighted by Crippen LogP contribution is 2.22. The minimum atomic E-state index is 0.153. The van der Waals surface area contributed by atoms with Crippen LogP contribution in [0, 0.1) is 13.8 Å². The molecule has 0 aliphatic carbocycles. The summed E-state index contributed by atoms with van der Waals surface area (Å²) >= 11 is 7.70. The lowest BCUT2D eigenvalue weighted by Gasteiger charge is -2.03. The molecule has 2 rings (SSSR count). The molecular formula is C15H17ClN2OS. The van der Waals surface area contributed by atoms with Gasteiger partial charge in [0, 0.05) is 11.9 Å². The van der Waals surface area contributed by atoms with E-state index in [4.69, 9.17) is 11.6 Å². The number of benzene rings is 1. The molecule has 0 radical (unpaired) electrons. The summed E-state index contributed by atoms with van der Waals surface area (Å²) in [5, 5.41) is 4.82. The monoisotopic (exact) mass is 308 g/mol. The third-order valence-electron chi connectivity index (χ3n) is 3.05. The predicted molar refractivity (Wildman–Crippen MR) is 83.6 cm³/mol. The minimum absolute atomic E-state index is 0.153. The van der Waals surface area contributed by atoms with Crippen LogP contribution in [0.2, 0.25) is 5.02 Å². The maximum Gasteiger partial charge on any atom is 0.149 e. The number of Topliss-reactive ketones (excluding diaryl/α,β-unsaturated/α-hetero) is 1. The zero-order valence-electron chi connectivity index (χ0n) is 11.8. The molecule has 0 unspecified atom stereocenters. The van der Waals surface area contributed by atoms with Crippen LogP contribution in [0.1, 0.15) is 17.0 Å². The van der Waals surface area contributed by atoms with Crippen molar-refractivity contribution in [1.82, 2.24) is 9.78 Å². The van der Waals surface area contributed by atoms with Gasteiger partial charge in [-0.1, -0.05) is 29.3 Å². The Bertz CT molecular complexity index is 620. The van der Waals surface area contributed by atoms with Crippen LogP contribution < -0.4 is 0 Å². The zero-order chi connectivity index (χ0) is 14.7. The maximum atomic E-state index is 12.0. The Kier molecular flexibility index (Phi) is 4.89. The van der Waals surface area contributed by atoms with Crippen molar-refractivity contribution in [3.63, 3.8) is 0 Å². The Labute approximate surface area is 128 Å². The van der Waals surface area contributed by atoms with E-state index in [9.17, 15) is 4.79 Å². The minimum Gasteiger partial charge on any atom is -0.298 e. The molecule has 0 N–H and O–H groups in total. The van der Waals surface area contributed by atoms with Crippen LogP contribution in [0.4, 0.5) is 0 Å². The lowest BCUT2D eigenvalue weighted by molar-refractivity contribution is -0.116. The van der Waals surface area contributed by atoms with E-state index >= 15 is 0 Å². The number of hydrogen-bond donors (Lipinski definition) is 0. The average Bonchev–Trinajstić information content (AvgIpc) is 2.65. The first-order valence-electron chi connectivity index (χ1n) is 6.36. The predicted octanol–water partition coefficient (Wildman–Crippen LogP) is 3.59. The van der Waals surface area contributed by atoms with E-state index in [0.717, 1.165) is 16.3 Å². The number of carbonyl (C=O) groups excluding carboxylic acids is 1. The number of carbonyl (C=O) groups is 1. The van der Waals surface area contributed by atoms with Gasteiger partial charge in [0.1, 0.15) is 5.78 Å². The third-order valence-corrected chi connectivity index (χ3v) is 4.61. The summed E-state index contributed by atoms with van der Waals surface area (Å²) in [6.45, 7) is 3.89. The topological polar surface area (TPSA) is 34.9 Å². The Morgan fingerprint density at radius 3 is 2.50 bits per heavy atom. The van der Waals surface area contributed by atoms with Gasteiger partial charge in [-0.3, -0.25) is 9.48 Å². The molecule has 0 bridgehead atoms. The van der Waals surface area contributed by atoms with Gasteiger partial charge in [-0.15, -0.1) is 11.8 Å². The number of halogens is 1. The number of thioether (sulfide) groups is 1. The van der Waals surface area contributed by atoms with Crippen molar-refractivity contribution in [2.24, 2.45) is 7.05 Å². The molecule has 106 valence electrons. The molecule has 0 saturated carbocycles. The summed E-state index contributed by atoms with van der Waals surface area (Å²) < 4.78 is 1.69. The largest absolute Gasteiger partial charge is 0.298 e. The van der Waals surface area contributed by atoms with Crippen LogP contribution >= 0.6 is 23.4 Å². The molecular weight excluding hydrogens is 292 g/mol. The zero-order valence-corrected chi connectivity index (χ0v) is 13.4. The lowest BCUT2D eigenvalue weighted by Crippen LogP contribution is -2.10.